The van der Waals surface area contributed by atoms with Crippen LogP contribution in [0, 0.1) is 47.3 Å². The van der Waals surface area contributed by atoms with E-state index in [1.54, 1.807) is 69.2 Å². The maximum atomic E-state index is 13.2. The molecule has 0 radical (unpaired) electrons. The molecule has 8 N–H and O–H groups in total. The van der Waals surface area contributed by atoms with E-state index in [0.717, 1.165) is 0 Å². The largest absolute Gasteiger partial charge is 0.459 e. The summed E-state index contributed by atoms with van der Waals surface area (Å²) in [4.78, 5) is 48.5. The number of carbonyl (C=O) groups excluding carboxylic acids is 4. The SMILES string of the molecule is C=C(C)C(=O)OC1CC(C(C)(C)OCC(C)(C)O)C(C(C)(C)OCC(C)(O)C(F)(F)F)C1.C=C(C)C(=O)OC1CC(C(C)(C)OCC(C)(C)O)CC(C(C)(C)OCC(O)(C(F)(F)F)C(F)(F)F)C1.C=C(C)C(=O)OC1CC(C(C)(C)OCC(C)(O)C(F)(F)F)CC1C(C)(C)OCC(C)(O)C(F)(F)F.C=C(C)C(=O)OC1CCC(C(C)(C)OCC(O)(C(F)(F)F)C(F)(F)F)C(C(C)(C)OCC(C)(C)O)C1. The second-order valence-electron chi connectivity index (χ2n) is 44.3. The first-order valence-electron chi connectivity index (χ1n) is 44.9. The predicted octanol–water partition coefficient (Wildman–Crippen LogP) is 19.1. The Balaban J connectivity index is 0.000000928. The van der Waals surface area contributed by atoms with E-state index in [9.17, 15) is 152 Å². The van der Waals surface area contributed by atoms with Crippen molar-refractivity contribution >= 4 is 23.9 Å². The summed E-state index contributed by atoms with van der Waals surface area (Å²) in [5, 5.41) is 78.5. The van der Waals surface area contributed by atoms with Crippen molar-refractivity contribution in [3.63, 3.8) is 0 Å². The van der Waals surface area contributed by atoms with E-state index < -0.39 is 244 Å². The molecule has 0 saturated heterocycles. The van der Waals surface area contributed by atoms with Crippen LogP contribution >= 0.6 is 0 Å². The van der Waals surface area contributed by atoms with Crippen LogP contribution in [0.2, 0.25) is 0 Å². The lowest BCUT2D eigenvalue weighted by molar-refractivity contribution is -0.384. The van der Waals surface area contributed by atoms with Gasteiger partial charge in [-0.1, -0.05) is 26.3 Å². The molecule has 0 amide bonds. The zero-order valence-electron chi connectivity index (χ0n) is 85.0. The third-order valence-corrected chi connectivity index (χ3v) is 26.0. The first-order chi connectivity index (χ1) is 61.1. The average Bonchev–Trinajstić information content (AvgIpc) is 1.76. The molecule has 0 aromatic rings. The first kappa shape index (κ1) is 132. The predicted molar refractivity (Wildman–Crippen MR) is 466 cm³/mol. The van der Waals surface area contributed by atoms with Gasteiger partial charge in [0.15, 0.2) is 16.8 Å². The van der Waals surface area contributed by atoms with Gasteiger partial charge < -0.3 is 97.7 Å². The number of rotatable bonds is 40. The number of alkyl halides is 21. The summed E-state index contributed by atoms with van der Waals surface area (Å²) in [7, 11) is 0. The van der Waals surface area contributed by atoms with Crippen LogP contribution in [-0.4, -0.2) is 275 Å². The summed E-state index contributed by atoms with van der Waals surface area (Å²) in [5.74, 6) is -6.67. The minimum absolute atomic E-state index is 0.0402. The zero-order valence-corrected chi connectivity index (χ0v) is 85.0. The van der Waals surface area contributed by atoms with Gasteiger partial charge >= 0.3 is 67.1 Å². The fraction of sp³-hybridized carbons (Fsp3) is 0.872. The van der Waals surface area contributed by atoms with E-state index in [-0.39, 0.29) is 105 Å². The number of carbonyl (C=O) groups is 4. The lowest BCUT2D eigenvalue weighted by Gasteiger charge is -2.50. The molecule has 0 spiro atoms. The number of aliphatic hydroxyl groups is 8. The highest BCUT2D eigenvalue weighted by molar-refractivity contribution is 5.88. The minimum Gasteiger partial charge on any atom is -0.459 e. The van der Waals surface area contributed by atoms with Crippen molar-refractivity contribution in [2.75, 3.05) is 52.9 Å². The fourth-order valence-corrected chi connectivity index (χ4v) is 15.8. The Labute approximate surface area is 801 Å². The van der Waals surface area contributed by atoms with Crippen LogP contribution in [0.15, 0.2) is 48.6 Å². The second-order valence-corrected chi connectivity index (χ2v) is 44.3. The highest BCUT2D eigenvalue weighted by atomic mass is 19.4. The van der Waals surface area contributed by atoms with Gasteiger partial charge in [0, 0.05) is 28.2 Å². The summed E-state index contributed by atoms with van der Waals surface area (Å²) in [6.45, 7) is 49.1. The summed E-state index contributed by atoms with van der Waals surface area (Å²) in [6, 6.07) is 0. The van der Waals surface area contributed by atoms with Crippen molar-refractivity contribution in [2.24, 2.45) is 47.3 Å². The van der Waals surface area contributed by atoms with Crippen LogP contribution in [0.4, 0.5) is 92.2 Å². The van der Waals surface area contributed by atoms with Gasteiger partial charge in [-0.3, -0.25) is 0 Å². The Kier molecular flexibility index (Phi) is 44.0. The van der Waals surface area contributed by atoms with Crippen LogP contribution in [-0.2, 0) is 76.0 Å². The highest BCUT2D eigenvalue weighted by Gasteiger charge is 2.73. The summed E-state index contributed by atoms with van der Waals surface area (Å²) in [6.07, 6.45) is -39.1. The lowest BCUT2D eigenvalue weighted by Crippen LogP contribution is -2.61. The van der Waals surface area contributed by atoms with Crippen LogP contribution in [0.25, 0.3) is 0 Å². The van der Waals surface area contributed by atoms with Crippen LogP contribution < -0.4 is 0 Å². The number of hydrogen-bond donors (Lipinski definition) is 8. The van der Waals surface area contributed by atoms with Crippen molar-refractivity contribution in [1.29, 1.82) is 0 Å². The van der Waals surface area contributed by atoms with Gasteiger partial charge in [0.1, 0.15) is 24.4 Å². The molecule has 24 nitrogen and oxygen atoms in total. The van der Waals surface area contributed by atoms with E-state index in [0.29, 0.717) is 40.0 Å². The maximum Gasteiger partial charge on any atom is 0.428 e. The quantitative estimate of drug-likeness (QED) is 0.0122. The molecule has 818 valence electrons. The number of ether oxygens (including phenoxy) is 12. The number of halogens is 21. The van der Waals surface area contributed by atoms with Gasteiger partial charge in [0.25, 0.3) is 11.2 Å². The molecular weight excluding hydrogens is 1910 g/mol. The fourth-order valence-electron chi connectivity index (χ4n) is 15.8. The van der Waals surface area contributed by atoms with Gasteiger partial charge in [0.05, 0.1) is 114 Å². The second kappa shape index (κ2) is 46.4. The molecule has 15 unspecified atom stereocenters. The third-order valence-electron chi connectivity index (χ3n) is 26.0. The molecular formula is C94H151F21O24. The van der Waals surface area contributed by atoms with Crippen LogP contribution in [0.1, 0.15) is 265 Å². The lowest BCUT2D eigenvalue weighted by atomic mass is 9.64. The monoisotopic (exact) mass is 2060 g/mol. The third kappa shape index (κ3) is 38.5. The van der Waals surface area contributed by atoms with Crippen LogP contribution in [0.3, 0.4) is 0 Å². The smallest absolute Gasteiger partial charge is 0.428 e. The first-order valence-corrected chi connectivity index (χ1v) is 44.9. The van der Waals surface area contributed by atoms with Crippen molar-refractivity contribution in [2.45, 2.75) is 422 Å². The molecule has 0 heterocycles. The van der Waals surface area contributed by atoms with Gasteiger partial charge in [-0.05, 0) is 306 Å². The summed E-state index contributed by atoms with van der Waals surface area (Å²) >= 11 is 0. The Morgan fingerprint density at radius 1 is 0.237 bits per heavy atom. The van der Waals surface area contributed by atoms with Crippen molar-refractivity contribution in [3.8, 4) is 0 Å². The Bertz CT molecular complexity index is 3990. The topological polar surface area (TPSA) is 341 Å². The summed E-state index contributed by atoms with van der Waals surface area (Å²) in [5.41, 5.74) is -31.7. The average molecular weight is 2060 g/mol. The van der Waals surface area contributed by atoms with E-state index in [2.05, 4.69) is 26.3 Å². The van der Waals surface area contributed by atoms with Crippen LogP contribution in [0.5, 0.6) is 0 Å². The van der Waals surface area contributed by atoms with E-state index in [1.165, 1.54) is 96.9 Å². The van der Waals surface area contributed by atoms with E-state index >= 15 is 0 Å². The minimum atomic E-state index is -6.01. The molecule has 139 heavy (non-hydrogen) atoms. The molecule has 4 aliphatic rings. The highest BCUT2D eigenvalue weighted by Crippen LogP contribution is 2.55. The Hall–Kier alpha value is -5.27. The molecule has 4 saturated carbocycles. The van der Waals surface area contributed by atoms with Gasteiger partial charge in [-0.25, -0.2) is 19.2 Å². The van der Waals surface area contributed by atoms with Crippen molar-refractivity contribution in [3.05, 3.63) is 48.6 Å². The maximum absolute atomic E-state index is 13.2. The molecule has 0 bridgehead atoms. The molecule has 4 aliphatic carbocycles. The Morgan fingerprint density at radius 2 is 0.446 bits per heavy atom. The summed E-state index contributed by atoms with van der Waals surface area (Å²) < 4.78 is 342. The number of hydrogen-bond acceptors (Lipinski definition) is 24. The standard InChI is InChI=1S/2C24H38F6O6.C23H36F6O6.C23H39F3O6/c1-14(2)18(31)36-17-10-15(20(5,6)34-12-19(3,4)32)9-16(11-17)21(7,8)35-13-22(33,23(25,26)27)24(28,29)30;1-14(2)18(31)36-15-9-10-16(17(11-15)21(7,8)34-12-19(3,4)32)20(5,6)35-13-22(33,23(25,26)27)24(28,29)30;1-13(2)17(30)35-16-10-14(18(3,4)33-11-20(7,31)22(24,25)26)9-15(16)19(5,6)34-12-21(8,32)23(27,28)29;1-14(2)18(27)32-15-10-16(20(5,6)30-12-19(3,4)28)17(11-15)21(7,8)31-13-22(9,29)23(24,25)26/h2*15-17,32-33H,1,9-13H2,2-8H3;14-16,31-32H,1,9-12H2,2-8H3;15-17,28-29H,1,10-13H2,2-9H3. The molecule has 15 atom stereocenters. The van der Waals surface area contributed by atoms with Gasteiger partial charge in [-0.2, -0.15) is 92.2 Å². The van der Waals surface area contributed by atoms with Crippen molar-refractivity contribution < 1.29 is 209 Å². The van der Waals surface area contributed by atoms with Crippen molar-refractivity contribution in [1.82, 2.24) is 0 Å². The zero-order chi connectivity index (χ0) is 110. The Morgan fingerprint density at radius 3 is 0.719 bits per heavy atom. The van der Waals surface area contributed by atoms with Gasteiger partial charge in [-0.15, -0.1) is 0 Å². The molecule has 0 aromatic carbocycles. The normalized spacial score (nSPS) is 24.0. The van der Waals surface area contributed by atoms with E-state index in [4.69, 9.17) is 56.8 Å². The molecule has 45 heteroatoms. The molecule has 0 aliphatic heterocycles. The molecule has 0 aromatic heterocycles. The molecule has 4 rings (SSSR count). The number of esters is 4. The van der Waals surface area contributed by atoms with E-state index in [1.807, 2.05) is 13.8 Å². The van der Waals surface area contributed by atoms with Gasteiger partial charge in [0.2, 0.25) is 0 Å². The molecule has 4 fully saturated rings.